The molecule has 3 amide bonds. The van der Waals surface area contributed by atoms with Crippen LogP contribution in [0.1, 0.15) is 49.3 Å². The molecule has 0 aliphatic carbocycles. The number of imide groups is 1. The Morgan fingerprint density at radius 2 is 1.97 bits per heavy atom. The summed E-state index contributed by atoms with van der Waals surface area (Å²) in [5.41, 5.74) is 5.43. The van der Waals surface area contributed by atoms with Gasteiger partial charge in [0.15, 0.2) is 6.10 Å². The molecule has 0 spiro atoms. The van der Waals surface area contributed by atoms with Gasteiger partial charge in [-0.1, -0.05) is 20.3 Å². The normalized spacial score (nSPS) is 14.7. The second kappa shape index (κ2) is 8.42. The summed E-state index contributed by atoms with van der Waals surface area (Å²) in [6.07, 6.45) is 2.47. The smallest absolute Gasteiger partial charge is 0.338 e. The fourth-order valence-electron chi connectivity index (χ4n) is 3.41. The van der Waals surface area contributed by atoms with Crippen LogP contribution >= 0.6 is 0 Å². The highest BCUT2D eigenvalue weighted by molar-refractivity contribution is 5.99. The van der Waals surface area contributed by atoms with Crippen molar-refractivity contribution in [1.29, 1.82) is 0 Å². The van der Waals surface area contributed by atoms with Crippen molar-refractivity contribution < 1.29 is 19.1 Å². The topological polar surface area (TPSA) is 133 Å². The number of fused-ring (bicyclic) bond motifs is 2. The van der Waals surface area contributed by atoms with Gasteiger partial charge in [-0.25, -0.2) is 14.6 Å². The van der Waals surface area contributed by atoms with Crippen LogP contribution < -0.4 is 16.6 Å². The van der Waals surface area contributed by atoms with Crippen molar-refractivity contribution in [1.82, 2.24) is 14.9 Å². The molecule has 2 aromatic rings. The number of carbonyl (C=O) groups is 3. The largest absolute Gasteiger partial charge is 0.448 e. The maximum absolute atomic E-state index is 12.8. The van der Waals surface area contributed by atoms with Gasteiger partial charge < -0.3 is 10.5 Å². The number of nitrogens with two attached hydrogens (primary N) is 1. The first-order valence-electron chi connectivity index (χ1n) is 9.62. The van der Waals surface area contributed by atoms with Crippen molar-refractivity contribution in [2.45, 2.75) is 52.2 Å². The predicted octanol–water partition coefficient (Wildman–Crippen LogP) is 1.50. The number of nitrogens with zero attached hydrogens (tertiary/aromatic N) is 2. The van der Waals surface area contributed by atoms with Crippen LogP contribution in [0.15, 0.2) is 23.0 Å². The van der Waals surface area contributed by atoms with Crippen molar-refractivity contribution in [2.75, 3.05) is 0 Å². The van der Waals surface area contributed by atoms with Crippen LogP contribution in [0, 0.1) is 5.92 Å². The number of aryl methyl sites for hydroxylation is 1. The van der Waals surface area contributed by atoms with Gasteiger partial charge in [0.05, 0.1) is 16.5 Å². The molecule has 3 rings (SSSR count). The highest BCUT2D eigenvalue weighted by atomic mass is 16.5. The van der Waals surface area contributed by atoms with E-state index in [9.17, 15) is 19.2 Å². The third-order valence-electron chi connectivity index (χ3n) is 4.90. The molecule has 0 fully saturated rings. The first-order valence-corrected chi connectivity index (χ1v) is 9.62. The van der Waals surface area contributed by atoms with E-state index in [2.05, 4.69) is 4.98 Å². The number of primary amides is 1. The molecule has 29 heavy (non-hydrogen) atoms. The van der Waals surface area contributed by atoms with Crippen LogP contribution in [-0.4, -0.2) is 33.6 Å². The SMILES string of the molecule is CC(C)[C@@H](OC(=O)c1ccc2c(=O)n3c(nc2c1)CCCCC3)C(=O)NC(N)=O. The van der Waals surface area contributed by atoms with Crippen molar-refractivity contribution >= 4 is 28.8 Å². The quantitative estimate of drug-likeness (QED) is 0.747. The van der Waals surface area contributed by atoms with Crippen LogP contribution in [0.25, 0.3) is 10.9 Å². The van der Waals surface area contributed by atoms with Crippen LogP contribution in [-0.2, 0) is 22.5 Å². The Labute approximate surface area is 167 Å². The number of amides is 3. The maximum atomic E-state index is 12.8. The van der Waals surface area contributed by atoms with Crippen molar-refractivity contribution in [3.05, 3.63) is 39.9 Å². The molecule has 0 bridgehead atoms. The summed E-state index contributed by atoms with van der Waals surface area (Å²) in [4.78, 5) is 52.9. The van der Waals surface area contributed by atoms with Crippen molar-refractivity contribution in [3.8, 4) is 0 Å². The molecule has 0 unspecified atom stereocenters. The van der Waals surface area contributed by atoms with E-state index in [0.717, 1.165) is 19.3 Å². The Hall–Kier alpha value is -3.23. The van der Waals surface area contributed by atoms with Gasteiger partial charge in [-0.05, 0) is 37.0 Å². The van der Waals surface area contributed by atoms with E-state index >= 15 is 0 Å². The fourth-order valence-corrected chi connectivity index (χ4v) is 3.41. The molecule has 3 N–H and O–H groups in total. The van der Waals surface area contributed by atoms with Crippen LogP contribution in [0.4, 0.5) is 4.79 Å². The summed E-state index contributed by atoms with van der Waals surface area (Å²) >= 11 is 0. The standard InChI is InChI=1S/C20H24N4O5/c1-11(2)16(17(25)23-20(21)28)29-19(27)12-7-8-13-14(10-12)22-15-6-4-3-5-9-24(15)18(13)26/h7-8,10-11,16H,3-6,9H2,1-2H3,(H3,21,23,25,28)/t16-/m1/s1. The number of rotatable bonds is 4. The number of benzene rings is 1. The summed E-state index contributed by atoms with van der Waals surface area (Å²) < 4.78 is 7.01. The van der Waals surface area contributed by atoms with Crippen molar-refractivity contribution in [2.24, 2.45) is 11.7 Å². The molecular formula is C20H24N4O5. The lowest BCUT2D eigenvalue weighted by Crippen LogP contribution is -2.45. The van der Waals surface area contributed by atoms with E-state index in [4.69, 9.17) is 10.5 Å². The molecule has 0 saturated carbocycles. The van der Waals surface area contributed by atoms with Crippen molar-refractivity contribution in [3.63, 3.8) is 0 Å². The van der Waals surface area contributed by atoms with E-state index in [0.29, 0.717) is 29.7 Å². The Morgan fingerprint density at radius 1 is 1.21 bits per heavy atom. The van der Waals surface area contributed by atoms with Gasteiger partial charge in [-0.15, -0.1) is 0 Å². The lowest BCUT2D eigenvalue weighted by molar-refractivity contribution is -0.130. The van der Waals surface area contributed by atoms with E-state index in [-0.39, 0.29) is 17.0 Å². The van der Waals surface area contributed by atoms with Crippen LogP contribution in [0.5, 0.6) is 0 Å². The van der Waals surface area contributed by atoms with Gasteiger partial charge in [-0.2, -0.15) is 0 Å². The number of esters is 1. The van der Waals surface area contributed by atoms with Gasteiger partial charge in [0.2, 0.25) is 0 Å². The number of hydrogen-bond acceptors (Lipinski definition) is 6. The molecule has 9 nitrogen and oxygen atoms in total. The summed E-state index contributed by atoms with van der Waals surface area (Å²) in [6.45, 7) is 4.00. The van der Waals surface area contributed by atoms with E-state index in [1.54, 1.807) is 24.5 Å². The number of hydrogen-bond donors (Lipinski definition) is 2. The zero-order valence-electron chi connectivity index (χ0n) is 16.4. The van der Waals surface area contributed by atoms with E-state index < -0.39 is 24.0 Å². The second-order valence-electron chi connectivity index (χ2n) is 7.45. The number of urea groups is 1. The monoisotopic (exact) mass is 400 g/mol. The van der Waals surface area contributed by atoms with E-state index in [1.807, 2.05) is 5.32 Å². The Bertz CT molecular complexity index is 1030. The second-order valence-corrected chi connectivity index (χ2v) is 7.45. The molecule has 2 heterocycles. The average Bonchev–Trinajstić information content (AvgIpc) is 2.90. The fraction of sp³-hybridized carbons (Fsp3) is 0.450. The molecule has 0 radical (unpaired) electrons. The minimum absolute atomic E-state index is 0.118. The molecule has 1 aliphatic heterocycles. The first-order chi connectivity index (χ1) is 13.8. The lowest BCUT2D eigenvalue weighted by Gasteiger charge is -2.20. The zero-order valence-corrected chi connectivity index (χ0v) is 16.4. The van der Waals surface area contributed by atoms with Gasteiger partial charge in [-0.3, -0.25) is 19.5 Å². The number of ether oxygens (including phenoxy) is 1. The van der Waals surface area contributed by atoms with Gasteiger partial charge in [0.1, 0.15) is 5.82 Å². The highest BCUT2D eigenvalue weighted by Crippen LogP contribution is 2.18. The maximum Gasteiger partial charge on any atom is 0.338 e. The van der Waals surface area contributed by atoms with Gasteiger partial charge in [0, 0.05) is 13.0 Å². The molecule has 1 atom stereocenters. The third-order valence-corrected chi connectivity index (χ3v) is 4.90. The van der Waals surface area contributed by atoms with Gasteiger partial charge in [0.25, 0.3) is 11.5 Å². The minimum atomic E-state index is -1.18. The summed E-state index contributed by atoms with van der Waals surface area (Å²) in [6, 6.07) is 3.50. The minimum Gasteiger partial charge on any atom is -0.448 e. The molecule has 1 aromatic heterocycles. The zero-order chi connectivity index (χ0) is 21.1. The Morgan fingerprint density at radius 3 is 2.66 bits per heavy atom. The molecule has 9 heteroatoms. The highest BCUT2D eigenvalue weighted by Gasteiger charge is 2.28. The van der Waals surface area contributed by atoms with Gasteiger partial charge >= 0.3 is 12.0 Å². The van der Waals surface area contributed by atoms with Crippen LogP contribution in [0.3, 0.4) is 0 Å². The summed E-state index contributed by atoms with van der Waals surface area (Å²) in [5, 5.41) is 2.35. The number of nitrogens with one attached hydrogen (secondary N) is 1. The molecule has 0 saturated heterocycles. The molecule has 1 aliphatic rings. The molecule has 154 valence electrons. The molecular weight excluding hydrogens is 376 g/mol. The lowest BCUT2D eigenvalue weighted by atomic mass is 10.1. The van der Waals surface area contributed by atoms with E-state index in [1.165, 1.54) is 12.1 Å². The first kappa shape index (κ1) is 20.5. The average molecular weight is 400 g/mol. The third kappa shape index (κ3) is 4.44. The summed E-state index contributed by atoms with van der Waals surface area (Å²) in [5.74, 6) is -1.20. The predicted molar refractivity (Wildman–Crippen MR) is 105 cm³/mol. The Kier molecular flexibility index (Phi) is 5.95. The number of carbonyl (C=O) groups excluding carboxylic acids is 3. The number of aromatic nitrogens is 2. The summed E-state index contributed by atoms with van der Waals surface area (Å²) in [7, 11) is 0. The molecule has 1 aromatic carbocycles. The Balaban J connectivity index is 1.91. The van der Waals surface area contributed by atoms with Crippen LogP contribution in [0.2, 0.25) is 0 Å².